The van der Waals surface area contributed by atoms with E-state index in [1.807, 2.05) is 25.1 Å². The molecule has 5 nitrogen and oxygen atoms in total. The van der Waals surface area contributed by atoms with Crippen LogP contribution in [0.3, 0.4) is 0 Å². The van der Waals surface area contributed by atoms with Crippen LogP contribution in [-0.2, 0) is 20.8 Å². The quantitative estimate of drug-likeness (QED) is 0.774. The van der Waals surface area contributed by atoms with Gasteiger partial charge in [-0.2, -0.15) is 0 Å². The van der Waals surface area contributed by atoms with Gasteiger partial charge in [0.1, 0.15) is 0 Å². The molecule has 2 aromatic carbocycles. The Labute approximate surface area is 159 Å². The third-order valence-corrected chi connectivity index (χ3v) is 4.71. The van der Waals surface area contributed by atoms with Gasteiger partial charge in [0.2, 0.25) is 17.7 Å². The molecule has 3 amide bonds. The summed E-state index contributed by atoms with van der Waals surface area (Å²) in [5.74, 6) is -0.911. The molecule has 0 radical (unpaired) electrons. The standard InChI is InChI=1S/C22H24N2O3/c1-15(23-20(25)12-17-13-21(26)24-22(27)14-17)11-16-7-9-19(10-8-16)18-5-3-2-4-6-18/h2-10,15,17H,11-14H2,1H3,(H,23,25)(H,24,26,27). The third-order valence-electron chi connectivity index (χ3n) is 4.71. The van der Waals surface area contributed by atoms with Crippen molar-refractivity contribution in [2.45, 2.75) is 38.6 Å². The van der Waals surface area contributed by atoms with Gasteiger partial charge in [-0.25, -0.2) is 0 Å². The molecule has 1 aliphatic heterocycles. The summed E-state index contributed by atoms with van der Waals surface area (Å²) < 4.78 is 0. The van der Waals surface area contributed by atoms with Gasteiger partial charge in [-0.3, -0.25) is 19.7 Å². The van der Waals surface area contributed by atoms with Crippen LogP contribution in [0, 0.1) is 5.92 Å². The van der Waals surface area contributed by atoms with E-state index in [0.717, 1.165) is 17.5 Å². The van der Waals surface area contributed by atoms with Crippen molar-refractivity contribution in [3.05, 3.63) is 60.2 Å². The number of carbonyl (C=O) groups is 3. The van der Waals surface area contributed by atoms with E-state index in [0.29, 0.717) is 0 Å². The first kappa shape index (κ1) is 18.8. The Kier molecular flexibility index (Phi) is 6.01. The molecule has 140 valence electrons. The Bertz CT molecular complexity index is 799. The molecule has 3 rings (SSSR count). The van der Waals surface area contributed by atoms with Gasteiger partial charge in [0.05, 0.1) is 0 Å². The molecule has 0 saturated carbocycles. The fourth-order valence-corrected chi connectivity index (χ4v) is 3.46. The van der Waals surface area contributed by atoms with E-state index in [-0.39, 0.29) is 48.9 Å². The first-order valence-electron chi connectivity index (χ1n) is 9.26. The van der Waals surface area contributed by atoms with E-state index in [1.165, 1.54) is 5.56 Å². The number of amides is 3. The van der Waals surface area contributed by atoms with Gasteiger partial charge in [0.25, 0.3) is 0 Å². The van der Waals surface area contributed by atoms with E-state index in [1.54, 1.807) is 0 Å². The molecule has 0 aromatic heterocycles. The zero-order valence-corrected chi connectivity index (χ0v) is 15.4. The summed E-state index contributed by atoms with van der Waals surface area (Å²) in [6, 6.07) is 18.5. The average Bonchev–Trinajstić information content (AvgIpc) is 2.62. The lowest BCUT2D eigenvalue weighted by Gasteiger charge is -2.21. The fourth-order valence-electron chi connectivity index (χ4n) is 3.46. The summed E-state index contributed by atoms with van der Waals surface area (Å²) in [5, 5.41) is 5.23. The minimum absolute atomic E-state index is 0.0202. The Morgan fingerprint density at radius 1 is 1.00 bits per heavy atom. The number of hydrogen-bond acceptors (Lipinski definition) is 3. The zero-order valence-electron chi connectivity index (χ0n) is 15.4. The predicted octanol–water partition coefficient (Wildman–Crippen LogP) is 2.84. The topological polar surface area (TPSA) is 75.3 Å². The maximum absolute atomic E-state index is 12.2. The lowest BCUT2D eigenvalue weighted by atomic mass is 9.93. The van der Waals surface area contributed by atoms with E-state index >= 15 is 0 Å². The van der Waals surface area contributed by atoms with Crippen molar-refractivity contribution in [2.75, 3.05) is 0 Å². The molecular weight excluding hydrogens is 340 g/mol. The summed E-state index contributed by atoms with van der Waals surface area (Å²) in [6.45, 7) is 1.96. The lowest BCUT2D eigenvalue weighted by Crippen LogP contribution is -2.41. The number of hydrogen-bond donors (Lipinski definition) is 2. The SMILES string of the molecule is CC(Cc1ccc(-c2ccccc2)cc1)NC(=O)CC1CC(=O)NC(=O)C1. The number of benzene rings is 2. The van der Waals surface area contributed by atoms with E-state index in [9.17, 15) is 14.4 Å². The van der Waals surface area contributed by atoms with E-state index in [4.69, 9.17) is 0 Å². The summed E-state index contributed by atoms with van der Waals surface area (Å²) in [5.41, 5.74) is 3.49. The summed E-state index contributed by atoms with van der Waals surface area (Å²) >= 11 is 0. The first-order chi connectivity index (χ1) is 13.0. The van der Waals surface area contributed by atoms with E-state index in [2.05, 4.69) is 47.0 Å². The maximum atomic E-state index is 12.2. The maximum Gasteiger partial charge on any atom is 0.226 e. The molecule has 1 aliphatic rings. The summed E-state index contributed by atoms with van der Waals surface area (Å²) in [7, 11) is 0. The molecule has 5 heteroatoms. The zero-order chi connectivity index (χ0) is 19.2. The molecule has 0 spiro atoms. The molecule has 1 heterocycles. The van der Waals surface area contributed by atoms with Crippen molar-refractivity contribution in [3.8, 4) is 11.1 Å². The molecule has 0 aliphatic carbocycles. The van der Waals surface area contributed by atoms with Gasteiger partial charge in [0, 0.05) is 25.3 Å². The van der Waals surface area contributed by atoms with Gasteiger partial charge >= 0.3 is 0 Å². The van der Waals surface area contributed by atoms with Gasteiger partial charge < -0.3 is 5.32 Å². The van der Waals surface area contributed by atoms with Gasteiger partial charge in [-0.1, -0.05) is 54.6 Å². The van der Waals surface area contributed by atoms with Gasteiger partial charge in [-0.15, -0.1) is 0 Å². The Hall–Kier alpha value is -2.95. The highest BCUT2D eigenvalue weighted by Crippen LogP contribution is 2.20. The Morgan fingerprint density at radius 3 is 2.22 bits per heavy atom. The van der Waals surface area contributed by atoms with Crippen LogP contribution in [0.25, 0.3) is 11.1 Å². The first-order valence-corrected chi connectivity index (χ1v) is 9.26. The number of piperidine rings is 1. The second-order valence-corrected chi connectivity index (χ2v) is 7.19. The van der Waals surface area contributed by atoms with Gasteiger partial charge in [-0.05, 0) is 36.0 Å². The van der Waals surface area contributed by atoms with Crippen LogP contribution < -0.4 is 10.6 Å². The summed E-state index contributed by atoms with van der Waals surface area (Å²) in [6.07, 6.45) is 1.39. The molecule has 1 unspecified atom stereocenters. The lowest BCUT2D eigenvalue weighted by molar-refractivity contribution is -0.135. The second kappa shape index (κ2) is 8.62. The third kappa shape index (κ3) is 5.51. The molecular formula is C22H24N2O3. The minimum atomic E-state index is -0.296. The van der Waals surface area contributed by atoms with Crippen molar-refractivity contribution in [2.24, 2.45) is 5.92 Å². The second-order valence-electron chi connectivity index (χ2n) is 7.19. The van der Waals surface area contributed by atoms with Crippen molar-refractivity contribution in [1.82, 2.24) is 10.6 Å². The number of nitrogens with one attached hydrogen (secondary N) is 2. The number of rotatable bonds is 6. The van der Waals surface area contributed by atoms with Crippen molar-refractivity contribution >= 4 is 17.7 Å². The molecule has 0 bridgehead atoms. The Balaban J connectivity index is 1.50. The Morgan fingerprint density at radius 2 is 1.59 bits per heavy atom. The molecule has 2 N–H and O–H groups in total. The predicted molar refractivity (Wildman–Crippen MR) is 104 cm³/mol. The fraction of sp³-hybridized carbons (Fsp3) is 0.318. The van der Waals surface area contributed by atoms with Crippen molar-refractivity contribution in [1.29, 1.82) is 0 Å². The van der Waals surface area contributed by atoms with Crippen LogP contribution in [-0.4, -0.2) is 23.8 Å². The highest BCUT2D eigenvalue weighted by atomic mass is 16.2. The average molecular weight is 364 g/mol. The van der Waals surface area contributed by atoms with Crippen LogP contribution in [0.15, 0.2) is 54.6 Å². The monoisotopic (exact) mass is 364 g/mol. The van der Waals surface area contributed by atoms with E-state index < -0.39 is 0 Å². The molecule has 1 fully saturated rings. The largest absolute Gasteiger partial charge is 0.353 e. The van der Waals surface area contributed by atoms with Crippen LogP contribution in [0.2, 0.25) is 0 Å². The van der Waals surface area contributed by atoms with Gasteiger partial charge in [0.15, 0.2) is 0 Å². The molecule has 1 saturated heterocycles. The van der Waals surface area contributed by atoms with Crippen LogP contribution >= 0.6 is 0 Å². The highest BCUT2D eigenvalue weighted by Gasteiger charge is 2.26. The number of carbonyl (C=O) groups excluding carboxylic acids is 3. The highest BCUT2D eigenvalue weighted by molar-refractivity contribution is 5.98. The number of imide groups is 1. The van der Waals surface area contributed by atoms with Crippen LogP contribution in [0.4, 0.5) is 0 Å². The minimum Gasteiger partial charge on any atom is -0.353 e. The van der Waals surface area contributed by atoms with Crippen molar-refractivity contribution < 1.29 is 14.4 Å². The van der Waals surface area contributed by atoms with Crippen LogP contribution in [0.5, 0.6) is 0 Å². The molecule has 1 atom stereocenters. The molecule has 2 aromatic rings. The molecule has 27 heavy (non-hydrogen) atoms. The normalized spacial score (nSPS) is 15.9. The smallest absolute Gasteiger partial charge is 0.226 e. The van der Waals surface area contributed by atoms with Crippen LogP contribution in [0.1, 0.15) is 31.7 Å². The van der Waals surface area contributed by atoms with Crippen molar-refractivity contribution in [3.63, 3.8) is 0 Å². The summed E-state index contributed by atoms with van der Waals surface area (Å²) in [4.78, 5) is 35.0.